The summed E-state index contributed by atoms with van der Waals surface area (Å²) in [5, 5.41) is 2.87. The van der Waals surface area contributed by atoms with Crippen molar-refractivity contribution in [2.45, 2.75) is 33.0 Å². The van der Waals surface area contributed by atoms with Crippen molar-refractivity contribution in [3.63, 3.8) is 0 Å². The molecule has 0 radical (unpaired) electrons. The number of aromatic nitrogens is 1. The molecule has 0 aliphatic heterocycles. The third-order valence-electron chi connectivity index (χ3n) is 4.34. The summed E-state index contributed by atoms with van der Waals surface area (Å²) in [6.45, 7) is 9.08. The third-order valence-corrected chi connectivity index (χ3v) is 4.34. The number of hydrogen-bond donors (Lipinski definition) is 1. The van der Waals surface area contributed by atoms with Gasteiger partial charge in [0.05, 0.1) is 0 Å². The molecule has 1 aromatic carbocycles. The van der Waals surface area contributed by atoms with Crippen LogP contribution in [-0.4, -0.2) is 27.6 Å². The summed E-state index contributed by atoms with van der Waals surface area (Å²) in [6, 6.07) is 11.1. The maximum Gasteiger partial charge on any atom is 0.246 e. The van der Waals surface area contributed by atoms with Crippen LogP contribution >= 0.6 is 0 Å². The molecule has 0 fully saturated rings. The van der Waals surface area contributed by atoms with Crippen molar-refractivity contribution in [1.29, 1.82) is 0 Å². The Morgan fingerprint density at radius 3 is 2.48 bits per heavy atom. The lowest BCUT2D eigenvalue weighted by atomic mass is 9.71. The van der Waals surface area contributed by atoms with Gasteiger partial charge in [0.2, 0.25) is 5.91 Å². The molecule has 1 amide bonds. The van der Waals surface area contributed by atoms with E-state index in [1.165, 1.54) is 22.2 Å². The normalized spacial score (nSPS) is 10.3. The molecule has 0 aliphatic carbocycles. The van der Waals surface area contributed by atoms with Crippen molar-refractivity contribution in [3.8, 4) is 0 Å². The van der Waals surface area contributed by atoms with Crippen LogP contribution in [0.3, 0.4) is 0 Å². The molecule has 1 N–H and O–H groups in total. The van der Waals surface area contributed by atoms with Crippen molar-refractivity contribution in [2.24, 2.45) is 0 Å². The lowest BCUT2D eigenvalue weighted by Gasteiger charge is -2.06. The largest absolute Gasteiger partial charge is 0.352 e. The molecule has 3 nitrogen and oxygen atoms in total. The monoisotopic (exact) mass is 333 g/mol. The van der Waals surface area contributed by atoms with Crippen molar-refractivity contribution in [3.05, 3.63) is 71.6 Å². The molecule has 1 heterocycles. The SMILES string of the molecule is BCc1cc(BC)cc(C[n+]2ccc(CCNC(=O)C(=C)C)cc2)c1. The molecule has 25 heavy (non-hydrogen) atoms. The van der Waals surface area contributed by atoms with E-state index < -0.39 is 0 Å². The van der Waals surface area contributed by atoms with Crippen molar-refractivity contribution in [1.82, 2.24) is 5.32 Å². The maximum absolute atomic E-state index is 11.5. The van der Waals surface area contributed by atoms with Crippen LogP contribution in [0, 0.1) is 0 Å². The summed E-state index contributed by atoms with van der Waals surface area (Å²) in [5.74, 6) is -0.0754. The zero-order chi connectivity index (χ0) is 18.2. The van der Waals surface area contributed by atoms with Crippen LogP contribution in [0.5, 0.6) is 0 Å². The van der Waals surface area contributed by atoms with E-state index in [9.17, 15) is 4.79 Å². The number of benzene rings is 1. The first-order chi connectivity index (χ1) is 12.0. The highest BCUT2D eigenvalue weighted by atomic mass is 16.1. The number of rotatable bonds is 8. The highest BCUT2D eigenvalue weighted by Gasteiger charge is 2.07. The van der Waals surface area contributed by atoms with Gasteiger partial charge in [0.25, 0.3) is 0 Å². The minimum Gasteiger partial charge on any atom is -0.352 e. The Labute approximate surface area is 152 Å². The highest BCUT2D eigenvalue weighted by molar-refractivity contribution is 6.52. The number of carbonyl (C=O) groups is 1. The topological polar surface area (TPSA) is 33.0 Å². The van der Waals surface area contributed by atoms with Gasteiger partial charge >= 0.3 is 0 Å². The molecular weight excluding hydrogens is 306 g/mol. The van der Waals surface area contributed by atoms with E-state index in [-0.39, 0.29) is 5.91 Å². The molecular formula is C20H27B2N2O+. The second-order valence-corrected chi connectivity index (χ2v) is 6.53. The Morgan fingerprint density at radius 1 is 1.20 bits per heavy atom. The standard InChI is InChI=1S/C20H26B2N2O/c1-15(2)20(25)23-7-4-16-5-8-24(9-6-16)14-18-10-17(13-21)11-19(12-18)22-3/h5-6,8-12,22H,1,4,7,13-14,21H2,2-3H3/p+1. The molecule has 2 aromatic rings. The molecule has 0 spiro atoms. The van der Waals surface area contributed by atoms with E-state index in [0.717, 1.165) is 26.6 Å². The highest BCUT2D eigenvalue weighted by Crippen LogP contribution is 2.04. The summed E-state index contributed by atoms with van der Waals surface area (Å²) in [6.07, 6.45) is 6.12. The van der Waals surface area contributed by atoms with Gasteiger partial charge in [-0.15, -0.1) is 0 Å². The first-order valence-corrected chi connectivity index (χ1v) is 9.05. The fraction of sp³-hybridized carbons (Fsp3) is 0.300. The smallest absolute Gasteiger partial charge is 0.246 e. The van der Waals surface area contributed by atoms with Crippen molar-refractivity contribution < 1.29 is 9.36 Å². The summed E-state index contributed by atoms with van der Waals surface area (Å²) < 4.78 is 2.20. The molecule has 0 unspecified atom stereocenters. The van der Waals surface area contributed by atoms with Crippen LogP contribution in [0.25, 0.3) is 0 Å². The molecule has 5 heteroatoms. The van der Waals surface area contributed by atoms with Crippen LogP contribution in [0.15, 0.2) is 54.9 Å². The molecule has 2 rings (SSSR count). The number of hydrogen-bond acceptors (Lipinski definition) is 1. The van der Waals surface area contributed by atoms with E-state index in [2.05, 4.69) is 73.9 Å². The number of nitrogens with zero attached hydrogens (tertiary/aromatic N) is 1. The average molecular weight is 333 g/mol. The number of pyridine rings is 1. The van der Waals surface area contributed by atoms with E-state index in [1.54, 1.807) is 6.92 Å². The Balaban J connectivity index is 1.96. The average Bonchev–Trinajstić information content (AvgIpc) is 2.62. The number of carbonyl (C=O) groups excluding carboxylic acids is 1. The van der Waals surface area contributed by atoms with Crippen LogP contribution in [0.4, 0.5) is 0 Å². The first-order valence-electron chi connectivity index (χ1n) is 9.05. The summed E-state index contributed by atoms with van der Waals surface area (Å²) in [7, 11) is 3.27. The molecule has 0 atom stereocenters. The molecule has 0 saturated carbocycles. The van der Waals surface area contributed by atoms with Gasteiger partial charge in [0.1, 0.15) is 7.85 Å². The van der Waals surface area contributed by atoms with Crippen LogP contribution < -0.4 is 15.3 Å². The van der Waals surface area contributed by atoms with Gasteiger partial charge in [-0.05, 0) is 18.9 Å². The summed E-state index contributed by atoms with van der Waals surface area (Å²) in [4.78, 5) is 11.5. The maximum atomic E-state index is 11.5. The van der Waals surface area contributed by atoms with Gasteiger partial charge in [-0.25, -0.2) is 4.57 Å². The van der Waals surface area contributed by atoms with Gasteiger partial charge < -0.3 is 5.32 Å². The van der Waals surface area contributed by atoms with E-state index in [0.29, 0.717) is 12.1 Å². The van der Waals surface area contributed by atoms with E-state index >= 15 is 0 Å². The minimum atomic E-state index is -0.0754. The zero-order valence-electron chi connectivity index (χ0n) is 15.6. The van der Waals surface area contributed by atoms with E-state index in [1.807, 2.05) is 0 Å². The van der Waals surface area contributed by atoms with Gasteiger partial charge in [0, 0.05) is 29.8 Å². The van der Waals surface area contributed by atoms with Gasteiger partial charge in [-0.2, -0.15) is 0 Å². The molecule has 0 saturated heterocycles. The fourth-order valence-electron chi connectivity index (χ4n) is 2.78. The summed E-state index contributed by atoms with van der Waals surface area (Å²) in [5.41, 5.74) is 5.92. The van der Waals surface area contributed by atoms with Crippen LogP contribution in [0.2, 0.25) is 6.82 Å². The Kier molecular flexibility index (Phi) is 7.05. The Bertz CT molecular complexity index is 720. The quantitative estimate of drug-likeness (QED) is 0.426. The fourth-order valence-corrected chi connectivity index (χ4v) is 2.78. The van der Waals surface area contributed by atoms with Crippen LogP contribution in [-0.2, 0) is 24.1 Å². The number of nitrogens with one attached hydrogen (secondary N) is 1. The first kappa shape index (κ1) is 19.0. The Hall–Kier alpha value is -2.29. The zero-order valence-corrected chi connectivity index (χ0v) is 15.6. The van der Waals surface area contributed by atoms with Crippen molar-refractivity contribution in [2.75, 3.05) is 6.54 Å². The third kappa shape index (κ3) is 5.93. The van der Waals surface area contributed by atoms with E-state index in [4.69, 9.17) is 0 Å². The predicted molar refractivity (Wildman–Crippen MR) is 109 cm³/mol. The van der Waals surface area contributed by atoms with Crippen LogP contribution in [0.1, 0.15) is 23.6 Å². The van der Waals surface area contributed by atoms with Crippen molar-refractivity contribution >= 4 is 26.5 Å². The van der Waals surface area contributed by atoms with Gasteiger partial charge in [-0.1, -0.05) is 48.9 Å². The lowest BCUT2D eigenvalue weighted by Crippen LogP contribution is -2.34. The lowest BCUT2D eigenvalue weighted by molar-refractivity contribution is -0.688. The van der Waals surface area contributed by atoms with Gasteiger partial charge in [-0.3, -0.25) is 4.79 Å². The van der Waals surface area contributed by atoms with Gasteiger partial charge in [0.15, 0.2) is 26.2 Å². The molecule has 1 aromatic heterocycles. The summed E-state index contributed by atoms with van der Waals surface area (Å²) >= 11 is 0. The second-order valence-electron chi connectivity index (χ2n) is 6.53. The molecule has 0 aliphatic rings. The predicted octanol–water partition coefficient (Wildman–Crippen LogP) is 0.500. The second kappa shape index (κ2) is 9.26. The molecule has 0 bridgehead atoms. The Morgan fingerprint density at radius 2 is 1.88 bits per heavy atom. The molecule has 128 valence electrons. The minimum absolute atomic E-state index is 0.0754. The number of amides is 1.